The molecule has 1 amide bonds. The van der Waals surface area contributed by atoms with Gasteiger partial charge in [0.1, 0.15) is 5.82 Å². The van der Waals surface area contributed by atoms with Crippen LogP contribution in [0.3, 0.4) is 0 Å². The third kappa shape index (κ3) is 4.97. The van der Waals surface area contributed by atoms with E-state index in [0.717, 1.165) is 19.5 Å². The minimum Gasteiger partial charge on any atom is -0.352 e. The van der Waals surface area contributed by atoms with E-state index in [2.05, 4.69) is 22.3 Å². The molecule has 3 nitrogen and oxygen atoms in total. The zero-order chi connectivity index (χ0) is 15.8. The van der Waals surface area contributed by atoms with Gasteiger partial charge in [-0.1, -0.05) is 42.5 Å². The third-order valence-corrected chi connectivity index (χ3v) is 3.42. The summed E-state index contributed by atoms with van der Waals surface area (Å²) < 4.78 is 13.5. The minimum absolute atomic E-state index is 0.0974. The molecule has 22 heavy (non-hydrogen) atoms. The van der Waals surface area contributed by atoms with Crippen molar-refractivity contribution in [1.82, 2.24) is 10.2 Å². The zero-order valence-electron chi connectivity index (χ0n) is 12.8. The first kappa shape index (κ1) is 16.2. The van der Waals surface area contributed by atoms with Gasteiger partial charge in [0.2, 0.25) is 0 Å². The van der Waals surface area contributed by atoms with Crippen LogP contribution >= 0.6 is 0 Å². The number of benzene rings is 2. The molecule has 0 spiro atoms. The summed E-state index contributed by atoms with van der Waals surface area (Å²) in [6, 6.07) is 16.3. The molecule has 0 aromatic heterocycles. The van der Waals surface area contributed by atoms with Crippen molar-refractivity contribution in [2.75, 3.05) is 20.1 Å². The topological polar surface area (TPSA) is 32.3 Å². The van der Waals surface area contributed by atoms with Crippen LogP contribution in [0.1, 0.15) is 22.3 Å². The lowest BCUT2D eigenvalue weighted by atomic mass is 10.2. The summed E-state index contributed by atoms with van der Waals surface area (Å²) in [7, 11) is 2.05. The molecule has 1 N–H and O–H groups in total. The van der Waals surface area contributed by atoms with E-state index in [1.165, 1.54) is 17.7 Å². The Kier molecular flexibility index (Phi) is 6.10. The van der Waals surface area contributed by atoms with Crippen molar-refractivity contribution >= 4 is 5.91 Å². The highest BCUT2D eigenvalue weighted by molar-refractivity contribution is 5.94. The van der Waals surface area contributed by atoms with Gasteiger partial charge in [0.25, 0.3) is 5.91 Å². The summed E-state index contributed by atoms with van der Waals surface area (Å²) >= 11 is 0. The Balaban J connectivity index is 1.69. The van der Waals surface area contributed by atoms with Crippen molar-refractivity contribution in [1.29, 1.82) is 0 Å². The second kappa shape index (κ2) is 8.29. The van der Waals surface area contributed by atoms with Gasteiger partial charge in [0.15, 0.2) is 0 Å². The Morgan fingerprint density at radius 3 is 2.50 bits per heavy atom. The molecule has 0 aliphatic heterocycles. The van der Waals surface area contributed by atoms with E-state index < -0.39 is 5.82 Å². The van der Waals surface area contributed by atoms with Gasteiger partial charge in [-0.05, 0) is 37.7 Å². The number of hydrogen-bond donors (Lipinski definition) is 1. The lowest BCUT2D eigenvalue weighted by Gasteiger charge is -2.16. The maximum absolute atomic E-state index is 13.5. The number of hydrogen-bond acceptors (Lipinski definition) is 2. The fourth-order valence-electron chi connectivity index (χ4n) is 2.27. The van der Waals surface area contributed by atoms with E-state index in [1.807, 2.05) is 25.2 Å². The molecule has 0 atom stereocenters. The smallest absolute Gasteiger partial charge is 0.254 e. The van der Waals surface area contributed by atoms with Crippen LogP contribution < -0.4 is 5.32 Å². The quantitative estimate of drug-likeness (QED) is 0.797. The Bertz CT molecular complexity index is 601. The van der Waals surface area contributed by atoms with E-state index in [0.29, 0.717) is 6.54 Å². The Labute approximate surface area is 130 Å². The van der Waals surface area contributed by atoms with Crippen LogP contribution in [0, 0.1) is 5.82 Å². The largest absolute Gasteiger partial charge is 0.352 e. The lowest BCUT2D eigenvalue weighted by Crippen LogP contribution is -2.28. The summed E-state index contributed by atoms with van der Waals surface area (Å²) in [5.74, 6) is -0.843. The first-order chi connectivity index (χ1) is 10.7. The average Bonchev–Trinajstić information content (AvgIpc) is 2.53. The van der Waals surface area contributed by atoms with E-state index >= 15 is 0 Å². The van der Waals surface area contributed by atoms with Crippen molar-refractivity contribution in [2.45, 2.75) is 13.0 Å². The molecule has 0 bridgehead atoms. The third-order valence-electron chi connectivity index (χ3n) is 3.42. The highest BCUT2D eigenvalue weighted by Crippen LogP contribution is 2.06. The fraction of sp³-hybridized carbons (Fsp3) is 0.278. The van der Waals surface area contributed by atoms with E-state index in [4.69, 9.17) is 0 Å². The van der Waals surface area contributed by atoms with E-state index in [1.54, 1.807) is 12.1 Å². The number of carbonyl (C=O) groups excluding carboxylic acids is 1. The molecule has 2 aromatic carbocycles. The van der Waals surface area contributed by atoms with Crippen LogP contribution in [0.2, 0.25) is 0 Å². The molecule has 0 saturated carbocycles. The minimum atomic E-state index is -0.485. The summed E-state index contributed by atoms with van der Waals surface area (Å²) in [4.78, 5) is 14.0. The second-order valence-corrected chi connectivity index (χ2v) is 5.31. The fourth-order valence-corrected chi connectivity index (χ4v) is 2.27. The monoisotopic (exact) mass is 300 g/mol. The number of rotatable bonds is 7. The molecule has 0 saturated heterocycles. The predicted molar refractivity (Wildman–Crippen MR) is 86.1 cm³/mol. The number of amides is 1. The molecule has 2 aromatic rings. The average molecular weight is 300 g/mol. The zero-order valence-corrected chi connectivity index (χ0v) is 12.8. The van der Waals surface area contributed by atoms with Crippen LogP contribution in [-0.2, 0) is 6.54 Å². The number of carbonyl (C=O) groups is 1. The number of nitrogens with one attached hydrogen (secondary N) is 1. The maximum atomic E-state index is 13.5. The molecule has 4 heteroatoms. The van der Waals surface area contributed by atoms with Crippen molar-refractivity contribution < 1.29 is 9.18 Å². The van der Waals surface area contributed by atoms with Crippen molar-refractivity contribution in [2.24, 2.45) is 0 Å². The van der Waals surface area contributed by atoms with Crippen LogP contribution in [0.15, 0.2) is 54.6 Å². The first-order valence-corrected chi connectivity index (χ1v) is 7.42. The summed E-state index contributed by atoms with van der Waals surface area (Å²) in [5, 5.41) is 2.75. The van der Waals surface area contributed by atoms with Gasteiger partial charge in [-0.3, -0.25) is 4.79 Å². The molecule has 0 fully saturated rings. The molecule has 0 heterocycles. The molecular formula is C18H21FN2O. The van der Waals surface area contributed by atoms with Crippen LogP contribution in [-0.4, -0.2) is 30.9 Å². The summed E-state index contributed by atoms with van der Waals surface area (Å²) in [6.07, 6.45) is 0.823. The van der Waals surface area contributed by atoms with Crippen molar-refractivity contribution in [3.63, 3.8) is 0 Å². The molecule has 116 valence electrons. The predicted octanol–water partition coefficient (Wildman–Crippen LogP) is 3.08. The summed E-state index contributed by atoms with van der Waals surface area (Å²) in [5.41, 5.74) is 1.36. The van der Waals surface area contributed by atoms with Gasteiger partial charge in [0, 0.05) is 13.1 Å². The molecule has 0 unspecified atom stereocenters. The van der Waals surface area contributed by atoms with Gasteiger partial charge in [0.05, 0.1) is 5.56 Å². The number of halogens is 1. The van der Waals surface area contributed by atoms with Crippen LogP contribution in [0.5, 0.6) is 0 Å². The molecular weight excluding hydrogens is 279 g/mol. The highest BCUT2D eigenvalue weighted by Gasteiger charge is 2.09. The second-order valence-electron chi connectivity index (χ2n) is 5.31. The Morgan fingerprint density at radius 2 is 1.77 bits per heavy atom. The maximum Gasteiger partial charge on any atom is 0.254 e. The first-order valence-electron chi connectivity index (χ1n) is 7.42. The SMILES string of the molecule is CN(CCCNC(=O)c1ccccc1F)Cc1ccccc1. The number of nitrogens with zero attached hydrogens (tertiary/aromatic N) is 1. The molecule has 0 aliphatic carbocycles. The van der Waals surface area contributed by atoms with Crippen molar-refractivity contribution in [3.05, 3.63) is 71.5 Å². The van der Waals surface area contributed by atoms with E-state index in [9.17, 15) is 9.18 Å². The van der Waals surface area contributed by atoms with Gasteiger partial charge >= 0.3 is 0 Å². The van der Waals surface area contributed by atoms with Crippen LogP contribution in [0.4, 0.5) is 4.39 Å². The van der Waals surface area contributed by atoms with Gasteiger partial charge in [-0.15, -0.1) is 0 Å². The van der Waals surface area contributed by atoms with Gasteiger partial charge in [-0.2, -0.15) is 0 Å². The Morgan fingerprint density at radius 1 is 1.09 bits per heavy atom. The van der Waals surface area contributed by atoms with Gasteiger partial charge < -0.3 is 10.2 Å². The van der Waals surface area contributed by atoms with Gasteiger partial charge in [-0.25, -0.2) is 4.39 Å². The standard InChI is InChI=1S/C18H21FN2O/c1-21(14-15-8-3-2-4-9-15)13-7-12-20-18(22)16-10-5-6-11-17(16)19/h2-6,8-11H,7,12-14H2,1H3,(H,20,22). The van der Waals surface area contributed by atoms with Crippen LogP contribution in [0.25, 0.3) is 0 Å². The highest BCUT2D eigenvalue weighted by atomic mass is 19.1. The molecule has 2 rings (SSSR count). The summed E-state index contributed by atoms with van der Waals surface area (Å²) in [6.45, 7) is 2.28. The van der Waals surface area contributed by atoms with E-state index in [-0.39, 0.29) is 11.5 Å². The molecule has 0 radical (unpaired) electrons. The molecule has 0 aliphatic rings. The van der Waals surface area contributed by atoms with Crippen molar-refractivity contribution in [3.8, 4) is 0 Å². The Hall–Kier alpha value is -2.20. The lowest BCUT2D eigenvalue weighted by molar-refractivity contribution is 0.0948. The normalized spacial score (nSPS) is 10.7.